The predicted octanol–water partition coefficient (Wildman–Crippen LogP) is 1.55. The van der Waals surface area contributed by atoms with E-state index in [1.165, 1.54) is 12.1 Å². The predicted molar refractivity (Wildman–Crippen MR) is 84.0 cm³/mol. The highest BCUT2D eigenvalue weighted by Gasteiger charge is 2.25. The van der Waals surface area contributed by atoms with Crippen LogP contribution in [0.25, 0.3) is 0 Å². The van der Waals surface area contributed by atoms with Crippen LogP contribution in [0.3, 0.4) is 0 Å². The Hall–Kier alpha value is -1.17. The molecule has 1 aromatic carbocycles. The molecule has 0 spiro atoms. The third-order valence-electron chi connectivity index (χ3n) is 3.69. The molecule has 118 valence electrons. The lowest BCUT2D eigenvalue weighted by molar-refractivity contribution is -0.122. The number of rotatable bonds is 6. The zero-order valence-corrected chi connectivity index (χ0v) is 13.1. The molecule has 1 heterocycles. The maximum Gasteiger partial charge on any atom is 0.234 e. The second-order valence-corrected chi connectivity index (χ2v) is 5.23. The fourth-order valence-corrected chi connectivity index (χ4v) is 2.61. The summed E-state index contributed by atoms with van der Waals surface area (Å²) in [6, 6.07) is 6.65. The lowest BCUT2D eigenvalue weighted by Crippen LogP contribution is -2.43. The lowest BCUT2D eigenvalue weighted by atomic mass is 10.2. The van der Waals surface area contributed by atoms with Crippen molar-refractivity contribution in [2.24, 2.45) is 0 Å². The summed E-state index contributed by atoms with van der Waals surface area (Å²) in [5.74, 6) is -0.232. The van der Waals surface area contributed by atoms with Crippen LogP contribution in [0.2, 0.25) is 0 Å². The Morgan fingerprint density at radius 1 is 1.38 bits per heavy atom. The van der Waals surface area contributed by atoms with E-state index >= 15 is 0 Å². The maximum atomic E-state index is 12.8. The van der Waals surface area contributed by atoms with E-state index < -0.39 is 0 Å². The fourth-order valence-electron chi connectivity index (χ4n) is 2.61. The fraction of sp³-hybridized carbons (Fsp3) is 0.533. The Labute approximate surface area is 131 Å². The van der Waals surface area contributed by atoms with E-state index in [-0.39, 0.29) is 24.1 Å². The molecule has 1 amide bonds. The van der Waals surface area contributed by atoms with Gasteiger partial charge in [-0.05, 0) is 44.1 Å². The number of carbonyl (C=O) groups is 1. The Kier molecular flexibility index (Phi) is 7.64. The zero-order chi connectivity index (χ0) is 14.4. The van der Waals surface area contributed by atoms with E-state index in [0.717, 1.165) is 31.5 Å². The van der Waals surface area contributed by atoms with Gasteiger partial charge in [0.1, 0.15) is 5.82 Å². The molecular formula is C15H23ClFN3O. The van der Waals surface area contributed by atoms with Gasteiger partial charge in [0, 0.05) is 19.1 Å². The van der Waals surface area contributed by atoms with Crippen LogP contribution < -0.4 is 10.6 Å². The molecule has 1 aliphatic heterocycles. The number of nitrogens with one attached hydrogen (secondary N) is 2. The van der Waals surface area contributed by atoms with Crippen LogP contribution in [0.1, 0.15) is 18.4 Å². The van der Waals surface area contributed by atoms with Gasteiger partial charge < -0.3 is 10.6 Å². The van der Waals surface area contributed by atoms with Gasteiger partial charge in [-0.1, -0.05) is 12.1 Å². The van der Waals surface area contributed by atoms with Crippen molar-refractivity contribution in [1.29, 1.82) is 0 Å². The van der Waals surface area contributed by atoms with Crippen LogP contribution in [-0.4, -0.2) is 43.5 Å². The third-order valence-corrected chi connectivity index (χ3v) is 3.69. The van der Waals surface area contributed by atoms with Crippen LogP contribution in [0.4, 0.5) is 4.39 Å². The monoisotopic (exact) mass is 315 g/mol. The number of likely N-dealkylation sites (tertiary alicyclic amines) is 1. The first-order valence-electron chi connectivity index (χ1n) is 7.09. The highest BCUT2D eigenvalue weighted by molar-refractivity contribution is 5.85. The number of nitrogens with zero attached hydrogens (tertiary/aromatic N) is 1. The first-order valence-corrected chi connectivity index (χ1v) is 7.09. The van der Waals surface area contributed by atoms with Gasteiger partial charge in [0.15, 0.2) is 0 Å². The van der Waals surface area contributed by atoms with Crippen molar-refractivity contribution in [3.05, 3.63) is 35.6 Å². The smallest absolute Gasteiger partial charge is 0.234 e. The average Bonchev–Trinajstić information content (AvgIpc) is 2.86. The van der Waals surface area contributed by atoms with Crippen LogP contribution >= 0.6 is 12.4 Å². The van der Waals surface area contributed by atoms with E-state index in [2.05, 4.69) is 15.5 Å². The van der Waals surface area contributed by atoms with Gasteiger partial charge in [0.05, 0.1) is 6.54 Å². The summed E-state index contributed by atoms with van der Waals surface area (Å²) in [6.07, 6.45) is 2.30. The van der Waals surface area contributed by atoms with Crippen molar-refractivity contribution in [3.63, 3.8) is 0 Å². The van der Waals surface area contributed by atoms with Gasteiger partial charge in [-0.15, -0.1) is 12.4 Å². The first-order chi connectivity index (χ1) is 9.69. The van der Waals surface area contributed by atoms with Crippen molar-refractivity contribution in [1.82, 2.24) is 15.5 Å². The molecule has 0 aromatic heterocycles. The molecule has 6 heteroatoms. The molecule has 1 aromatic rings. The van der Waals surface area contributed by atoms with E-state index in [9.17, 15) is 9.18 Å². The maximum absolute atomic E-state index is 12.8. The molecule has 1 unspecified atom stereocenters. The second kappa shape index (κ2) is 8.97. The van der Waals surface area contributed by atoms with E-state index in [1.54, 1.807) is 12.1 Å². The number of amides is 1. The summed E-state index contributed by atoms with van der Waals surface area (Å²) in [5, 5.41) is 6.05. The van der Waals surface area contributed by atoms with Gasteiger partial charge in [0.2, 0.25) is 5.91 Å². The number of halogens is 2. The van der Waals surface area contributed by atoms with Crippen molar-refractivity contribution >= 4 is 18.3 Å². The molecule has 1 aliphatic rings. The minimum atomic E-state index is -0.257. The highest BCUT2D eigenvalue weighted by atomic mass is 35.5. The summed E-state index contributed by atoms with van der Waals surface area (Å²) in [4.78, 5) is 14.2. The van der Waals surface area contributed by atoms with E-state index in [4.69, 9.17) is 0 Å². The molecule has 1 fully saturated rings. The highest BCUT2D eigenvalue weighted by Crippen LogP contribution is 2.15. The van der Waals surface area contributed by atoms with Gasteiger partial charge in [-0.3, -0.25) is 9.69 Å². The molecular weight excluding hydrogens is 293 g/mol. The SMILES string of the molecule is CNCC1CCCN1CC(=O)NCc1ccc(F)cc1.Cl. The molecule has 0 radical (unpaired) electrons. The Morgan fingerprint density at radius 3 is 2.76 bits per heavy atom. The molecule has 0 aliphatic carbocycles. The minimum absolute atomic E-state index is 0. The average molecular weight is 316 g/mol. The topological polar surface area (TPSA) is 44.4 Å². The van der Waals surface area contributed by atoms with Gasteiger partial charge >= 0.3 is 0 Å². The lowest BCUT2D eigenvalue weighted by Gasteiger charge is -2.23. The van der Waals surface area contributed by atoms with Crippen molar-refractivity contribution in [2.75, 3.05) is 26.7 Å². The largest absolute Gasteiger partial charge is 0.351 e. The summed E-state index contributed by atoms with van der Waals surface area (Å²) >= 11 is 0. The summed E-state index contributed by atoms with van der Waals surface area (Å²) in [6.45, 7) is 2.79. The van der Waals surface area contributed by atoms with Gasteiger partial charge in [0.25, 0.3) is 0 Å². The van der Waals surface area contributed by atoms with Gasteiger partial charge in [-0.2, -0.15) is 0 Å². The standard InChI is InChI=1S/C15H22FN3O.ClH/c1-17-10-14-3-2-8-19(14)11-15(20)18-9-12-4-6-13(16)7-5-12;/h4-7,14,17H,2-3,8-11H2,1H3,(H,18,20);1H. The number of likely N-dealkylation sites (N-methyl/N-ethyl adjacent to an activating group) is 1. The van der Waals surface area contributed by atoms with Crippen molar-refractivity contribution < 1.29 is 9.18 Å². The molecule has 0 saturated carbocycles. The second-order valence-electron chi connectivity index (χ2n) is 5.23. The Morgan fingerprint density at radius 2 is 2.10 bits per heavy atom. The molecule has 21 heavy (non-hydrogen) atoms. The van der Waals surface area contributed by atoms with Gasteiger partial charge in [-0.25, -0.2) is 4.39 Å². The number of benzene rings is 1. The number of hydrogen-bond donors (Lipinski definition) is 2. The van der Waals surface area contributed by atoms with Crippen LogP contribution in [0.15, 0.2) is 24.3 Å². The minimum Gasteiger partial charge on any atom is -0.351 e. The molecule has 0 bridgehead atoms. The molecule has 2 N–H and O–H groups in total. The number of hydrogen-bond acceptors (Lipinski definition) is 3. The van der Waals surface area contributed by atoms with E-state index in [0.29, 0.717) is 19.1 Å². The van der Waals surface area contributed by atoms with Crippen LogP contribution in [0.5, 0.6) is 0 Å². The Balaban J connectivity index is 0.00000220. The first kappa shape index (κ1) is 17.9. The molecule has 1 saturated heterocycles. The zero-order valence-electron chi connectivity index (χ0n) is 12.3. The quantitative estimate of drug-likeness (QED) is 0.837. The molecule has 4 nitrogen and oxygen atoms in total. The Bertz CT molecular complexity index is 441. The normalized spacial score (nSPS) is 18.3. The number of carbonyl (C=O) groups excluding carboxylic acids is 1. The van der Waals surface area contributed by atoms with E-state index in [1.807, 2.05) is 7.05 Å². The van der Waals surface area contributed by atoms with Crippen molar-refractivity contribution in [3.8, 4) is 0 Å². The summed E-state index contributed by atoms with van der Waals surface area (Å²) in [5.41, 5.74) is 0.910. The molecule has 1 atom stereocenters. The third kappa shape index (κ3) is 5.61. The van der Waals surface area contributed by atoms with Crippen LogP contribution in [0, 0.1) is 5.82 Å². The summed E-state index contributed by atoms with van der Waals surface area (Å²) < 4.78 is 12.8. The summed E-state index contributed by atoms with van der Waals surface area (Å²) in [7, 11) is 1.94. The van der Waals surface area contributed by atoms with Crippen LogP contribution in [-0.2, 0) is 11.3 Å². The van der Waals surface area contributed by atoms with Crippen molar-refractivity contribution in [2.45, 2.75) is 25.4 Å². The molecule has 2 rings (SSSR count).